The van der Waals surface area contributed by atoms with E-state index in [-0.39, 0.29) is 17.0 Å². The number of halogens is 1. The highest BCUT2D eigenvalue weighted by Gasteiger charge is 2.16. The summed E-state index contributed by atoms with van der Waals surface area (Å²) in [4.78, 5) is 38.6. The zero-order valence-electron chi connectivity index (χ0n) is 22.2. The molecule has 0 unspecified atom stereocenters. The van der Waals surface area contributed by atoms with Crippen molar-refractivity contribution in [2.45, 2.75) is 19.8 Å². The van der Waals surface area contributed by atoms with E-state index in [2.05, 4.69) is 24.5 Å². The molecule has 2 N–H and O–H groups in total. The molecule has 6 heteroatoms. The molecule has 0 atom stereocenters. The largest absolute Gasteiger partial charge is 0.321 e. The van der Waals surface area contributed by atoms with Gasteiger partial charge in [0.2, 0.25) is 0 Å². The van der Waals surface area contributed by atoms with Crippen molar-refractivity contribution < 1.29 is 18.8 Å². The highest BCUT2D eigenvalue weighted by Crippen LogP contribution is 2.17. The maximum Gasteiger partial charge on any atom is 0.272 e. The normalized spacial score (nSPS) is 11.4. The van der Waals surface area contributed by atoms with Crippen LogP contribution in [0.2, 0.25) is 0 Å². The predicted octanol–water partition coefficient (Wildman–Crippen LogP) is 7.25. The minimum Gasteiger partial charge on any atom is -0.321 e. The first kappa shape index (κ1) is 27.9. The quantitative estimate of drug-likeness (QED) is 0.176. The Morgan fingerprint density at radius 2 is 1.40 bits per heavy atom. The number of ketones is 1. The summed E-state index contributed by atoms with van der Waals surface area (Å²) in [7, 11) is 0. The third-order valence-electron chi connectivity index (χ3n) is 6.19. The number of nitrogens with one attached hydrogen (secondary N) is 2. The molecule has 40 heavy (non-hydrogen) atoms. The van der Waals surface area contributed by atoms with Gasteiger partial charge in [-0.2, -0.15) is 0 Å². The summed E-state index contributed by atoms with van der Waals surface area (Å²) in [6.07, 6.45) is 4.55. The van der Waals surface area contributed by atoms with Gasteiger partial charge < -0.3 is 10.6 Å². The van der Waals surface area contributed by atoms with Crippen LogP contribution in [0, 0.1) is 5.82 Å². The Labute approximate surface area is 233 Å². The Balaban J connectivity index is 1.47. The van der Waals surface area contributed by atoms with Gasteiger partial charge in [0.15, 0.2) is 5.78 Å². The molecule has 0 radical (unpaired) electrons. The van der Waals surface area contributed by atoms with Crippen molar-refractivity contribution in [1.29, 1.82) is 0 Å². The van der Waals surface area contributed by atoms with Crippen molar-refractivity contribution in [3.63, 3.8) is 0 Å². The topological polar surface area (TPSA) is 75.3 Å². The monoisotopic (exact) mass is 532 g/mol. The van der Waals surface area contributed by atoms with Crippen molar-refractivity contribution in [2.24, 2.45) is 0 Å². The van der Waals surface area contributed by atoms with Crippen LogP contribution in [0.15, 0.2) is 115 Å². The molecule has 4 rings (SSSR count). The Morgan fingerprint density at radius 1 is 0.750 bits per heavy atom. The van der Waals surface area contributed by atoms with Gasteiger partial charge in [0.05, 0.1) is 0 Å². The van der Waals surface area contributed by atoms with Crippen LogP contribution < -0.4 is 10.6 Å². The molecule has 4 aromatic rings. The molecule has 0 saturated carbocycles. The van der Waals surface area contributed by atoms with Crippen molar-refractivity contribution in [1.82, 2.24) is 5.32 Å². The lowest BCUT2D eigenvalue weighted by Crippen LogP contribution is -2.30. The number of hydrogen-bond acceptors (Lipinski definition) is 3. The van der Waals surface area contributed by atoms with Gasteiger partial charge in [-0.25, -0.2) is 4.39 Å². The van der Waals surface area contributed by atoms with E-state index in [0.717, 1.165) is 5.56 Å². The molecule has 0 fully saturated rings. The number of rotatable bonds is 9. The lowest BCUT2D eigenvalue weighted by Gasteiger charge is -2.12. The second-order valence-electron chi connectivity index (χ2n) is 9.45. The Morgan fingerprint density at radius 3 is 2.05 bits per heavy atom. The van der Waals surface area contributed by atoms with Crippen LogP contribution in [-0.2, 0) is 4.79 Å². The molecular formula is C34H29FN2O3. The van der Waals surface area contributed by atoms with Crippen LogP contribution in [0.5, 0.6) is 0 Å². The van der Waals surface area contributed by atoms with E-state index in [0.29, 0.717) is 22.7 Å². The summed E-state index contributed by atoms with van der Waals surface area (Å²) in [5.41, 5.74) is 3.37. The Kier molecular flexibility index (Phi) is 9.15. The van der Waals surface area contributed by atoms with E-state index < -0.39 is 17.6 Å². The zero-order chi connectivity index (χ0) is 28.5. The van der Waals surface area contributed by atoms with Gasteiger partial charge in [0, 0.05) is 22.4 Å². The summed E-state index contributed by atoms with van der Waals surface area (Å²) < 4.78 is 14.3. The van der Waals surface area contributed by atoms with Gasteiger partial charge in [-0.1, -0.05) is 80.6 Å². The van der Waals surface area contributed by atoms with Gasteiger partial charge in [0.1, 0.15) is 11.5 Å². The maximum absolute atomic E-state index is 14.3. The van der Waals surface area contributed by atoms with Crippen LogP contribution in [-0.4, -0.2) is 17.6 Å². The second-order valence-corrected chi connectivity index (χ2v) is 9.45. The van der Waals surface area contributed by atoms with Crippen molar-refractivity contribution in [3.8, 4) is 0 Å². The first-order valence-corrected chi connectivity index (χ1v) is 12.9. The molecule has 0 spiro atoms. The van der Waals surface area contributed by atoms with Crippen LogP contribution in [0.25, 0.3) is 12.2 Å². The van der Waals surface area contributed by atoms with Crippen LogP contribution in [0.1, 0.15) is 57.2 Å². The number of allylic oxidation sites excluding steroid dienone is 1. The first-order chi connectivity index (χ1) is 19.3. The fourth-order valence-electron chi connectivity index (χ4n) is 3.87. The maximum atomic E-state index is 14.3. The Bertz CT molecular complexity index is 1560. The molecule has 0 aromatic heterocycles. The van der Waals surface area contributed by atoms with Crippen molar-refractivity contribution >= 4 is 35.4 Å². The minimum atomic E-state index is -0.642. The van der Waals surface area contributed by atoms with E-state index in [1.54, 1.807) is 66.7 Å². The van der Waals surface area contributed by atoms with Gasteiger partial charge in [-0.3, -0.25) is 14.4 Å². The fourth-order valence-corrected chi connectivity index (χ4v) is 3.87. The third kappa shape index (κ3) is 7.48. The summed E-state index contributed by atoms with van der Waals surface area (Å²) >= 11 is 0. The average molecular weight is 533 g/mol. The molecule has 0 aliphatic rings. The highest BCUT2D eigenvalue weighted by molar-refractivity contribution is 6.11. The van der Waals surface area contributed by atoms with Crippen LogP contribution >= 0.6 is 0 Å². The number of anilines is 1. The molecule has 0 saturated heterocycles. The third-order valence-corrected chi connectivity index (χ3v) is 6.19. The molecule has 0 aliphatic heterocycles. The van der Waals surface area contributed by atoms with Gasteiger partial charge >= 0.3 is 0 Å². The number of amides is 2. The van der Waals surface area contributed by atoms with Gasteiger partial charge in [-0.05, 0) is 71.7 Å². The summed E-state index contributed by atoms with van der Waals surface area (Å²) in [5, 5.41) is 5.28. The summed E-state index contributed by atoms with van der Waals surface area (Å²) in [6.45, 7) is 4.25. The minimum absolute atomic E-state index is 0.134. The van der Waals surface area contributed by atoms with Gasteiger partial charge in [-0.15, -0.1) is 0 Å². The summed E-state index contributed by atoms with van der Waals surface area (Å²) in [6, 6.07) is 28.8. The van der Waals surface area contributed by atoms with Crippen molar-refractivity contribution in [3.05, 3.63) is 149 Å². The number of benzene rings is 4. The predicted molar refractivity (Wildman–Crippen MR) is 157 cm³/mol. The lowest BCUT2D eigenvalue weighted by atomic mass is 10.0. The smallest absolute Gasteiger partial charge is 0.272 e. The zero-order valence-corrected chi connectivity index (χ0v) is 22.2. The van der Waals surface area contributed by atoms with E-state index in [1.165, 1.54) is 35.9 Å². The van der Waals surface area contributed by atoms with Crippen molar-refractivity contribution in [2.75, 3.05) is 5.32 Å². The number of carbonyl (C=O) groups is 3. The van der Waals surface area contributed by atoms with Crippen LogP contribution in [0.3, 0.4) is 0 Å². The molecule has 200 valence electrons. The second kappa shape index (κ2) is 13.1. The standard InChI is InChI=1S/C34H29FN2O3/c1-23(2)25-15-12-24(13-16-25)14-21-32(38)26-17-19-29(20-18-26)36-34(40)31(22-28-10-6-7-11-30(28)35)37-33(39)27-8-4-3-5-9-27/h3-23H,1-2H3,(H,36,40)(H,37,39)/b21-14+,31-22-. The van der Waals surface area contributed by atoms with E-state index in [9.17, 15) is 18.8 Å². The number of carbonyl (C=O) groups excluding carboxylic acids is 3. The molecular weight excluding hydrogens is 503 g/mol. The first-order valence-electron chi connectivity index (χ1n) is 12.9. The van der Waals surface area contributed by atoms with E-state index in [4.69, 9.17) is 0 Å². The number of hydrogen-bond donors (Lipinski definition) is 2. The lowest BCUT2D eigenvalue weighted by molar-refractivity contribution is -0.113. The van der Waals surface area contributed by atoms with E-state index in [1.807, 2.05) is 24.3 Å². The molecule has 0 heterocycles. The molecule has 4 aromatic carbocycles. The summed E-state index contributed by atoms with van der Waals surface area (Å²) in [5.74, 6) is -1.43. The highest BCUT2D eigenvalue weighted by atomic mass is 19.1. The molecule has 5 nitrogen and oxygen atoms in total. The molecule has 0 bridgehead atoms. The van der Waals surface area contributed by atoms with Gasteiger partial charge in [0.25, 0.3) is 11.8 Å². The SMILES string of the molecule is CC(C)c1ccc(/C=C/C(=O)c2ccc(NC(=O)/C(=C/c3ccccc3F)NC(=O)c3ccccc3)cc2)cc1. The molecule has 2 amide bonds. The molecule has 0 aliphatic carbocycles. The average Bonchev–Trinajstić information content (AvgIpc) is 2.97. The van der Waals surface area contributed by atoms with E-state index >= 15 is 0 Å². The van der Waals surface area contributed by atoms with Crippen LogP contribution in [0.4, 0.5) is 10.1 Å². The fraction of sp³-hybridized carbons (Fsp3) is 0.0882. The Hall–Kier alpha value is -5.10.